The van der Waals surface area contributed by atoms with E-state index in [1.165, 1.54) is 109 Å². The first-order valence-electron chi connectivity index (χ1n) is 29.2. The van der Waals surface area contributed by atoms with Gasteiger partial charge >= 0.3 is 11.9 Å². The van der Waals surface area contributed by atoms with Crippen molar-refractivity contribution in [2.45, 2.75) is 287 Å². The van der Waals surface area contributed by atoms with Crippen LogP contribution in [0.4, 0.5) is 0 Å². The fraction of sp³-hybridized carbons (Fsp3) is 0.831. The van der Waals surface area contributed by atoms with E-state index in [-0.39, 0.29) is 19.4 Å². The Labute approximate surface area is 446 Å². The number of unbranched alkanes of at least 4 members (excludes halogenated alkanes) is 24. The third-order valence-corrected chi connectivity index (χ3v) is 13.8. The Morgan fingerprint density at radius 1 is 0.446 bits per heavy atom. The fourth-order valence-corrected chi connectivity index (χ4v) is 9.06. The summed E-state index contributed by atoms with van der Waals surface area (Å²) in [5.74, 6) is -0.978. The van der Waals surface area contributed by atoms with E-state index in [1.54, 1.807) is 0 Å². The number of esters is 2. The Kier molecular flexibility index (Phi) is 41.5. The lowest BCUT2D eigenvalue weighted by atomic mass is 9.98. The van der Waals surface area contributed by atoms with Crippen LogP contribution in [-0.2, 0) is 38.0 Å². The van der Waals surface area contributed by atoms with Gasteiger partial charge in [-0.15, -0.1) is 0 Å². The van der Waals surface area contributed by atoms with E-state index in [1.807, 2.05) is 0 Å². The van der Waals surface area contributed by atoms with Crippen LogP contribution >= 0.6 is 0 Å². The zero-order valence-corrected chi connectivity index (χ0v) is 45.8. The molecule has 4 unspecified atom stereocenters. The molecule has 2 rings (SSSR count). The van der Waals surface area contributed by atoms with E-state index in [0.717, 1.165) is 70.6 Å². The molecule has 2 fully saturated rings. The number of allylic oxidation sites excluding steroid dienone is 8. The van der Waals surface area contributed by atoms with Gasteiger partial charge in [-0.05, 0) is 64.2 Å². The molecule has 2 heterocycles. The standard InChI is InChI=1S/C59H104O15/c1-3-5-7-9-11-13-15-17-19-20-21-22-23-24-25-26-28-29-31-33-35-37-39-41-50(61)69-44-47(72-51(62)42-40-38-36-34-32-30-27-18-16-14-12-10-8-6-4-2)45-70-58-57(68)55(66)53(64)49(74-58)46-71-59-56(67)54(65)52(63)48(43-60)73-59/h6,8,12,14,18,27,33,35,47-49,52-60,63-68H,3-5,7,9-11,13,15-17,19-26,28-32,34,36-46H2,1-2H3/b8-6+,14-12+,27-18+,35-33+/t47-,48+,49+,52-,53-,54?,55?,56?,57?,58+,59+/m0/s1. The van der Waals surface area contributed by atoms with E-state index < -0.39 is 99.3 Å². The van der Waals surface area contributed by atoms with Crippen LogP contribution in [0.2, 0.25) is 0 Å². The van der Waals surface area contributed by atoms with Crippen LogP contribution < -0.4 is 0 Å². The fourth-order valence-electron chi connectivity index (χ4n) is 9.06. The number of aliphatic hydroxyl groups excluding tert-OH is 7. The third kappa shape index (κ3) is 32.3. The minimum atomic E-state index is -1.77. The van der Waals surface area contributed by atoms with Crippen molar-refractivity contribution in [1.29, 1.82) is 0 Å². The Hall–Kier alpha value is -2.54. The molecule has 0 saturated carbocycles. The van der Waals surface area contributed by atoms with Gasteiger partial charge in [-0.1, -0.05) is 191 Å². The van der Waals surface area contributed by atoms with Gasteiger partial charge in [0.2, 0.25) is 0 Å². The highest BCUT2D eigenvalue weighted by molar-refractivity contribution is 5.70. The largest absolute Gasteiger partial charge is 0.462 e. The lowest BCUT2D eigenvalue weighted by molar-refractivity contribution is -0.332. The molecule has 0 spiro atoms. The van der Waals surface area contributed by atoms with Gasteiger partial charge in [0.1, 0.15) is 55.4 Å². The number of hydrogen-bond donors (Lipinski definition) is 7. The molecule has 2 aliphatic heterocycles. The molecule has 0 aromatic rings. The van der Waals surface area contributed by atoms with E-state index in [2.05, 4.69) is 62.5 Å². The molecule has 11 atom stereocenters. The molecular formula is C59H104O15. The van der Waals surface area contributed by atoms with Gasteiger partial charge in [-0.25, -0.2) is 0 Å². The van der Waals surface area contributed by atoms with Crippen molar-refractivity contribution in [1.82, 2.24) is 0 Å². The number of carbonyl (C=O) groups excluding carboxylic acids is 2. The second kappa shape index (κ2) is 45.5. The predicted octanol–water partition coefficient (Wildman–Crippen LogP) is 9.83. The van der Waals surface area contributed by atoms with Crippen LogP contribution in [0.25, 0.3) is 0 Å². The first-order chi connectivity index (χ1) is 36.0. The summed E-state index contributed by atoms with van der Waals surface area (Å²) in [5.41, 5.74) is 0. The molecule has 74 heavy (non-hydrogen) atoms. The lowest BCUT2D eigenvalue weighted by Gasteiger charge is -2.42. The molecule has 2 aliphatic rings. The van der Waals surface area contributed by atoms with Crippen molar-refractivity contribution in [3.8, 4) is 0 Å². The Bertz CT molecular complexity index is 1470. The van der Waals surface area contributed by atoms with Gasteiger partial charge in [0, 0.05) is 12.8 Å². The molecular weight excluding hydrogens is 949 g/mol. The van der Waals surface area contributed by atoms with Crippen molar-refractivity contribution in [2.75, 3.05) is 26.4 Å². The van der Waals surface area contributed by atoms with Gasteiger partial charge in [0.05, 0.1) is 19.8 Å². The number of carbonyl (C=O) groups is 2. The maximum atomic E-state index is 13.0. The second-order valence-electron chi connectivity index (χ2n) is 20.4. The zero-order chi connectivity index (χ0) is 53.9. The predicted molar refractivity (Wildman–Crippen MR) is 289 cm³/mol. The van der Waals surface area contributed by atoms with Crippen molar-refractivity contribution in [3.05, 3.63) is 48.6 Å². The molecule has 0 bridgehead atoms. The van der Waals surface area contributed by atoms with Gasteiger partial charge in [0.15, 0.2) is 18.7 Å². The topological polar surface area (TPSA) is 231 Å². The summed E-state index contributed by atoms with van der Waals surface area (Å²) in [6.45, 7) is 2.46. The van der Waals surface area contributed by atoms with Gasteiger partial charge in [-0.3, -0.25) is 9.59 Å². The lowest BCUT2D eigenvalue weighted by Crippen LogP contribution is -2.61. The van der Waals surface area contributed by atoms with E-state index in [9.17, 15) is 45.3 Å². The summed E-state index contributed by atoms with van der Waals surface area (Å²) in [4.78, 5) is 25.8. The smallest absolute Gasteiger partial charge is 0.306 e. The summed E-state index contributed by atoms with van der Waals surface area (Å²) < 4.78 is 33.6. The zero-order valence-electron chi connectivity index (χ0n) is 45.8. The minimum absolute atomic E-state index is 0.140. The molecule has 0 aromatic heterocycles. The summed E-state index contributed by atoms with van der Waals surface area (Å²) in [7, 11) is 0. The quantitative estimate of drug-likeness (QED) is 0.0171. The summed E-state index contributed by atoms with van der Waals surface area (Å²) in [6.07, 6.45) is 35.8. The average Bonchev–Trinajstić information content (AvgIpc) is 3.39. The Morgan fingerprint density at radius 3 is 1.39 bits per heavy atom. The Balaban J connectivity index is 1.74. The van der Waals surface area contributed by atoms with Gasteiger partial charge < -0.3 is 64.2 Å². The highest BCUT2D eigenvalue weighted by Gasteiger charge is 2.47. The first kappa shape index (κ1) is 67.6. The minimum Gasteiger partial charge on any atom is -0.462 e. The normalized spacial score (nSPS) is 25.0. The molecule has 0 amide bonds. The van der Waals surface area contributed by atoms with Crippen LogP contribution in [-0.4, -0.2) is 142 Å². The number of rotatable bonds is 46. The van der Waals surface area contributed by atoms with Crippen LogP contribution in [0.15, 0.2) is 48.6 Å². The van der Waals surface area contributed by atoms with Gasteiger partial charge in [-0.2, -0.15) is 0 Å². The maximum absolute atomic E-state index is 13.0. The third-order valence-electron chi connectivity index (χ3n) is 13.8. The van der Waals surface area contributed by atoms with Crippen LogP contribution in [0.1, 0.15) is 219 Å². The van der Waals surface area contributed by atoms with Crippen molar-refractivity contribution >= 4 is 11.9 Å². The number of aliphatic hydroxyl groups is 7. The summed E-state index contributed by atoms with van der Waals surface area (Å²) >= 11 is 0. The molecule has 15 nitrogen and oxygen atoms in total. The molecule has 430 valence electrons. The highest BCUT2D eigenvalue weighted by Crippen LogP contribution is 2.27. The summed E-state index contributed by atoms with van der Waals surface area (Å²) in [5, 5.41) is 72.2. The van der Waals surface area contributed by atoms with Crippen molar-refractivity contribution in [3.63, 3.8) is 0 Å². The van der Waals surface area contributed by atoms with E-state index in [4.69, 9.17) is 28.4 Å². The average molecular weight is 1050 g/mol. The van der Waals surface area contributed by atoms with Crippen molar-refractivity contribution < 1.29 is 73.8 Å². The molecule has 2 saturated heterocycles. The van der Waals surface area contributed by atoms with Crippen molar-refractivity contribution in [2.24, 2.45) is 0 Å². The molecule has 7 N–H and O–H groups in total. The van der Waals surface area contributed by atoms with Crippen LogP contribution in [0, 0.1) is 0 Å². The van der Waals surface area contributed by atoms with E-state index in [0.29, 0.717) is 12.8 Å². The number of ether oxygens (including phenoxy) is 6. The second-order valence-corrected chi connectivity index (χ2v) is 20.4. The van der Waals surface area contributed by atoms with Crippen LogP contribution in [0.3, 0.4) is 0 Å². The van der Waals surface area contributed by atoms with Crippen LogP contribution in [0.5, 0.6) is 0 Å². The summed E-state index contributed by atoms with van der Waals surface area (Å²) in [6, 6.07) is 0. The Morgan fingerprint density at radius 2 is 0.865 bits per heavy atom. The number of hydrogen-bond acceptors (Lipinski definition) is 15. The molecule has 0 aromatic carbocycles. The highest BCUT2D eigenvalue weighted by atomic mass is 16.7. The van der Waals surface area contributed by atoms with Gasteiger partial charge in [0.25, 0.3) is 0 Å². The molecule has 0 radical (unpaired) electrons. The SMILES string of the molecule is CC/C=C/C/C=C/C/C=C/CCCCCCCC(=O)O[C@@H](COC(=O)CCC/C=C/CCCCCCCCCCCCCCCCCCCC)CO[C@@H]1O[C@H](CO[C@@H]2O[C@H](CO)[C@H](O)C(O)C2O)[C@H](O)C(O)C1O. The van der Waals surface area contributed by atoms with E-state index >= 15 is 0 Å². The molecule has 0 aliphatic carbocycles. The maximum Gasteiger partial charge on any atom is 0.306 e. The molecule has 15 heteroatoms. The monoisotopic (exact) mass is 1050 g/mol. The first-order valence-corrected chi connectivity index (χ1v) is 29.2.